The molecule has 0 radical (unpaired) electrons. The summed E-state index contributed by atoms with van der Waals surface area (Å²) in [5, 5.41) is 0. The number of amides is 1. The van der Waals surface area contributed by atoms with Crippen molar-refractivity contribution in [1.82, 2.24) is 4.90 Å². The third kappa shape index (κ3) is 1.83. The van der Waals surface area contributed by atoms with Gasteiger partial charge in [0.05, 0.1) is 25.8 Å². The molecule has 0 aromatic carbocycles. The largest absolute Gasteiger partial charge is 0.450 e. The molecule has 1 heterocycles. The molecule has 0 atom stereocenters. The van der Waals surface area contributed by atoms with Crippen LogP contribution in [-0.2, 0) is 9.47 Å². The van der Waals surface area contributed by atoms with Gasteiger partial charge in [-0.3, -0.25) is 0 Å². The second kappa shape index (κ2) is 3.57. The van der Waals surface area contributed by atoms with Crippen LogP contribution in [0, 0.1) is 0 Å². The predicted molar refractivity (Wildman–Crippen MR) is 39.4 cm³/mol. The SMILES string of the molecule is CCOC(=O)N1CC(OC)C1. The molecule has 64 valence electrons. The minimum absolute atomic E-state index is 0.208. The van der Waals surface area contributed by atoms with E-state index in [0.717, 1.165) is 0 Å². The lowest BCUT2D eigenvalue weighted by Crippen LogP contribution is -2.54. The Morgan fingerprint density at radius 3 is 2.73 bits per heavy atom. The zero-order valence-electron chi connectivity index (χ0n) is 6.87. The molecule has 0 aliphatic carbocycles. The topological polar surface area (TPSA) is 38.8 Å². The molecule has 0 bridgehead atoms. The van der Waals surface area contributed by atoms with E-state index in [2.05, 4.69) is 0 Å². The minimum Gasteiger partial charge on any atom is -0.450 e. The first-order chi connectivity index (χ1) is 5.27. The van der Waals surface area contributed by atoms with E-state index in [4.69, 9.17) is 9.47 Å². The Morgan fingerprint density at radius 1 is 1.64 bits per heavy atom. The van der Waals surface area contributed by atoms with Gasteiger partial charge in [-0.15, -0.1) is 0 Å². The number of likely N-dealkylation sites (tertiary alicyclic amines) is 1. The van der Waals surface area contributed by atoms with E-state index in [9.17, 15) is 4.79 Å². The van der Waals surface area contributed by atoms with Gasteiger partial charge < -0.3 is 14.4 Å². The summed E-state index contributed by atoms with van der Waals surface area (Å²) in [6.45, 7) is 3.56. The summed E-state index contributed by atoms with van der Waals surface area (Å²) in [7, 11) is 1.65. The summed E-state index contributed by atoms with van der Waals surface area (Å²) < 4.78 is 9.77. The average Bonchev–Trinajstić information content (AvgIpc) is 1.86. The first kappa shape index (κ1) is 8.33. The Balaban J connectivity index is 2.16. The molecule has 4 nitrogen and oxygen atoms in total. The molecule has 0 unspecified atom stereocenters. The van der Waals surface area contributed by atoms with E-state index in [1.54, 1.807) is 18.9 Å². The van der Waals surface area contributed by atoms with Gasteiger partial charge in [-0.1, -0.05) is 0 Å². The normalized spacial score (nSPS) is 17.8. The summed E-state index contributed by atoms with van der Waals surface area (Å²) in [4.78, 5) is 12.6. The second-order valence-corrected chi connectivity index (χ2v) is 2.46. The summed E-state index contributed by atoms with van der Waals surface area (Å²) in [6, 6.07) is 0. The van der Waals surface area contributed by atoms with Gasteiger partial charge >= 0.3 is 6.09 Å². The first-order valence-electron chi connectivity index (χ1n) is 3.72. The van der Waals surface area contributed by atoms with E-state index in [1.165, 1.54) is 0 Å². The quantitative estimate of drug-likeness (QED) is 0.588. The lowest BCUT2D eigenvalue weighted by molar-refractivity contribution is -0.0263. The van der Waals surface area contributed by atoms with Crippen molar-refractivity contribution < 1.29 is 14.3 Å². The fourth-order valence-electron chi connectivity index (χ4n) is 0.951. The van der Waals surface area contributed by atoms with Crippen molar-refractivity contribution in [2.24, 2.45) is 0 Å². The molecule has 1 amide bonds. The summed E-state index contributed by atoms with van der Waals surface area (Å²) >= 11 is 0. The van der Waals surface area contributed by atoms with Gasteiger partial charge in [-0.05, 0) is 6.92 Å². The number of hydrogen-bond acceptors (Lipinski definition) is 3. The molecule has 1 rings (SSSR count). The number of ether oxygens (including phenoxy) is 2. The summed E-state index contributed by atoms with van der Waals surface area (Å²) in [6.07, 6.45) is -0.0276. The zero-order chi connectivity index (χ0) is 8.27. The number of carbonyl (C=O) groups excluding carboxylic acids is 1. The van der Waals surface area contributed by atoms with Gasteiger partial charge in [0, 0.05) is 7.11 Å². The van der Waals surface area contributed by atoms with E-state index in [1.807, 2.05) is 0 Å². The van der Waals surface area contributed by atoms with Crippen LogP contribution in [0.3, 0.4) is 0 Å². The molecule has 1 saturated heterocycles. The molecule has 11 heavy (non-hydrogen) atoms. The third-order valence-electron chi connectivity index (χ3n) is 1.71. The fraction of sp³-hybridized carbons (Fsp3) is 0.857. The van der Waals surface area contributed by atoms with Gasteiger partial charge in [0.15, 0.2) is 0 Å². The van der Waals surface area contributed by atoms with Crippen molar-refractivity contribution >= 4 is 6.09 Å². The van der Waals surface area contributed by atoms with Crippen LogP contribution in [0.15, 0.2) is 0 Å². The number of methoxy groups -OCH3 is 1. The van der Waals surface area contributed by atoms with Gasteiger partial charge in [-0.25, -0.2) is 4.79 Å². The molecule has 0 aromatic rings. The molecule has 0 saturated carbocycles. The van der Waals surface area contributed by atoms with Crippen LogP contribution in [0.5, 0.6) is 0 Å². The standard InChI is InChI=1S/C7H13NO3/c1-3-11-7(9)8-4-6(5-8)10-2/h6H,3-5H2,1-2H3. The number of nitrogens with zero attached hydrogens (tertiary/aromatic N) is 1. The van der Waals surface area contributed by atoms with Gasteiger partial charge in [0.1, 0.15) is 0 Å². The smallest absolute Gasteiger partial charge is 0.409 e. The van der Waals surface area contributed by atoms with Crippen LogP contribution in [0.25, 0.3) is 0 Å². The molecular weight excluding hydrogens is 146 g/mol. The van der Waals surface area contributed by atoms with Crippen molar-refractivity contribution in [3.8, 4) is 0 Å². The Hall–Kier alpha value is -0.770. The maximum atomic E-state index is 10.9. The van der Waals surface area contributed by atoms with Crippen LogP contribution < -0.4 is 0 Å². The Labute approximate surface area is 66.1 Å². The lowest BCUT2D eigenvalue weighted by atomic mass is 10.2. The van der Waals surface area contributed by atoms with Crippen molar-refractivity contribution in [3.63, 3.8) is 0 Å². The highest BCUT2D eigenvalue weighted by atomic mass is 16.6. The predicted octanol–water partition coefficient (Wildman–Crippen LogP) is 0.474. The lowest BCUT2D eigenvalue weighted by Gasteiger charge is -2.36. The highest BCUT2D eigenvalue weighted by Gasteiger charge is 2.31. The van der Waals surface area contributed by atoms with Crippen molar-refractivity contribution in [1.29, 1.82) is 0 Å². The molecule has 4 heteroatoms. The average molecular weight is 159 g/mol. The first-order valence-corrected chi connectivity index (χ1v) is 3.72. The number of carbonyl (C=O) groups is 1. The van der Waals surface area contributed by atoms with Crippen LogP contribution in [0.4, 0.5) is 4.79 Å². The van der Waals surface area contributed by atoms with E-state index >= 15 is 0 Å². The Bertz CT molecular complexity index is 143. The van der Waals surface area contributed by atoms with Crippen LogP contribution in [-0.4, -0.2) is 43.9 Å². The van der Waals surface area contributed by atoms with Gasteiger partial charge in [-0.2, -0.15) is 0 Å². The zero-order valence-corrected chi connectivity index (χ0v) is 6.87. The van der Waals surface area contributed by atoms with Gasteiger partial charge in [0.25, 0.3) is 0 Å². The van der Waals surface area contributed by atoms with Crippen molar-refractivity contribution in [2.75, 3.05) is 26.8 Å². The van der Waals surface area contributed by atoms with Crippen molar-refractivity contribution in [2.45, 2.75) is 13.0 Å². The van der Waals surface area contributed by atoms with Crippen LogP contribution in [0.1, 0.15) is 6.92 Å². The Morgan fingerprint density at radius 2 is 2.27 bits per heavy atom. The molecule has 1 aliphatic rings. The summed E-state index contributed by atoms with van der Waals surface area (Å²) in [5.41, 5.74) is 0. The Kier molecular flexibility index (Phi) is 2.70. The monoisotopic (exact) mass is 159 g/mol. The molecule has 1 fully saturated rings. The molecule has 0 aromatic heterocycles. The molecular formula is C7H13NO3. The number of rotatable bonds is 2. The van der Waals surface area contributed by atoms with Gasteiger partial charge in [0.2, 0.25) is 0 Å². The maximum Gasteiger partial charge on any atom is 0.409 e. The third-order valence-corrected chi connectivity index (χ3v) is 1.71. The molecule has 1 aliphatic heterocycles. The van der Waals surface area contributed by atoms with Crippen molar-refractivity contribution in [3.05, 3.63) is 0 Å². The minimum atomic E-state index is -0.235. The van der Waals surface area contributed by atoms with E-state index in [-0.39, 0.29) is 12.2 Å². The summed E-state index contributed by atoms with van der Waals surface area (Å²) in [5.74, 6) is 0. The van der Waals surface area contributed by atoms with Crippen LogP contribution in [0.2, 0.25) is 0 Å². The molecule has 0 spiro atoms. The highest BCUT2D eigenvalue weighted by molar-refractivity contribution is 5.68. The second-order valence-electron chi connectivity index (χ2n) is 2.46. The van der Waals surface area contributed by atoms with Crippen LogP contribution >= 0.6 is 0 Å². The highest BCUT2D eigenvalue weighted by Crippen LogP contribution is 2.11. The fourth-order valence-corrected chi connectivity index (χ4v) is 0.951. The molecule has 0 N–H and O–H groups in total. The maximum absolute atomic E-state index is 10.9. The number of hydrogen-bond donors (Lipinski definition) is 0. The van der Waals surface area contributed by atoms with E-state index in [0.29, 0.717) is 19.7 Å². The van der Waals surface area contributed by atoms with E-state index < -0.39 is 0 Å².